The molecule has 0 aliphatic carbocycles. The molecule has 25 heavy (non-hydrogen) atoms. The highest BCUT2D eigenvalue weighted by molar-refractivity contribution is 6.31. The van der Waals surface area contributed by atoms with Crippen molar-refractivity contribution in [3.05, 3.63) is 57.6 Å². The molecule has 2 aromatic carbocycles. The van der Waals surface area contributed by atoms with Crippen LogP contribution in [0.2, 0.25) is 10.0 Å². The van der Waals surface area contributed by atoms with Gasteiger partial charge in [-0.2, -0.15) is 26.3 Å². The van der Waals surface area contributed by atoms with E-state index in [1.165, 1.54) is 0 Å². The molecule has 0 spiro atoms. The van der Waals surface area contributed by atoms with Crippen LogP contribution in [0.25, 0.3) is 0 Å². The minimum atomic E-state index is -4.75. The van der Waals surface area contributed by atoms with Gasteiger partial charge in [0.2, 0.25) is 0 Å². The summed E-state index contributed by atoms with van der Waals surface area (Å²) in [5.41, 5.74) is -1.45. The molecule has 134 valence electrons. The Kier molecular flexibility index (Phi) is 5.48. The molecule has 0 amide bonds. The van der Waals surface area contributed by atoms with E-state index in [4.69, 9.17) is 23.2 Å². The van der Waals surface area contributed by atoms with Gasteiger partial charge in [0, 0.05) is 10.0 Å². The van der Waals surface area contributed by atoms with Gasteiger partial charge in [0.25, 0.3) is 0 Å². The molecule has 0 aliphatic rings. The van der Waals surface area contributed by atoms with E-state index in [2.05, 4.69) is 10.3 Å². The maximum atomic E-state index is 12.9. The summed E-state index contributed by atoms with van der Waals surface area (Å²) in [5.74, 6) is 0. The van der Waals surface area contributed by atoms with Gasteiger partial charge in [0.15, 0.2) is 0 Å². The van der Waals surface area contributed by atoms with Crippen molar-refractivity contribution in [3.8, 4) is 0 Å². The Labute approximate surface area is 147 Å². The number of nitrogens with one attached hydrogen (secondary N) is 1. The van der Waals surface area contributed by atoms with Gasteiger partial charge in [0.1, 0.15) is 0 Å². The summed E-state index contributed by atoms with van der Waals surface area (Å²) in [4.78, 5) is 0. The van der Waals surface area contributed by atoms with Crippen LogP contribution in [0, 0.1) is 0 Å². The van der Waals surface area contributed by atoms with E-state index in [1.54, 1.807) is 0 Å². The van der Waals surface area contributed by atoms with Crippen LogP contribution in [0.3, 0.4) is 0 Å². The van der Waals surface area contributed by atoms with Crippen molar-refractivity contribution in [2.75, 3.05) is 5.43 Å². The molecule has 2 rings (SSSR count). The number of halogens is 8. The molecule has 0 heterocycles. The maximum absolute atomic E-state index is 12.9. The molecule has 1 N–H and O–H groups in total. The molecule has 0 radical (unpaired) electrons. The van der Waals surface area contributed by atoms with E-state index >= 15 is 0 Å². The third-order valence-corrected chi connectivity index (χ3v) is 3.35. The van der Waals surface area contributed by atoms with E-state index in [-0.39, 0.29) is 10.0 Å². The minimum absolute atomic E-state index is 0.160. The molecule has 0 fully saturated rings. The Morgan fingerprint density at radius 3 is 1.84 bits per heavy atom. The molecule has 0 aromatic heterocycles. The number of alkyl halides is 6. The number of hydrogen-bond donors (Lipinski definition) is 1. The zero-order valence-corrected chi connectivity index (χ0v) is 13.4. The highest BCUT2D eigenvalue weighted by Gasteiger charge is 2.35. The monoisotopic (exact) mass is 401 g/mol. The van der Waals surface area contributed by atoms with Crippen molar-refractivity contribution in [2.45, 2.75) is 12.4 Å². The van der Waals surface area contributed by atoms with E-state index in [9.17, 15) is 26.3 Å². The summed E-state index contributed by atoms with van der Waals surface area (Å²) in [6.45, 7) is 0. The largest absolute Gasteiger partial charge is 0.418 e. The average Bonchev–Trinajstić information content (AvgIpc) is 2.48. The molecule has 0 saturated carbocycles. The molecule has 11 heteroatoms. The van der Waals surface area contributed by atoms with Crippen LogP contribution in [-0.4, -0.2) is 0 Å². The minimum Gasteiger partial charge on any atom is -0.259 e. The number of nitrogens with zero attached hydrogens (tertiary/aromatic N) is 2. The van der Waals surface area contributed by atoms with Crippen molar-refractivity contribution < 1.29 is 26.3 Å². The zero-order valence-electron chi connectivity index (χ0n) is 11.9. The molecule has 0 bridgehead atoms. The van der Waals surface area contributed by atoms with Crippen LogP contribution in [0.15, 0.2) is 46.7 Å². The summed E-state index contributed by atoms with van der Waals surface area (Å²) in [7, 11) is 0. The summed E-state index contributed by atoms with van der Waals surface area (Å²) in [6, 6.07) is 5.54. The first-order chi connectivity index (χ1) is 11.5. The molecule has 0 aliphatic heterocycles. The topological polar surface area (TPSA) is 36.8 Å². The lowest BCUT2D eigenvalue weighted by molar-refractivity contribution is -0.137. The fourth-order valence-corrected chi connectivity index (χ4v) is 2.15. The quantitative estimate of drug-likeness (QED) is 0.331. The van der Waals surface area contributed by atoms with Gasteiger partial charge >= 0.3 is 12.4 Å². The predicted octanol–water partition coefficient (Wildman–Crippen LogP) is 7.14. The van der Waals surface area contributed by atoms with E-state index in [1.807, 2.05) is 5.43 Å². The lowest BCUT2D eigenvalue weighted by Crippen LogP contribution is -2.08. The fourth-order valence-electron chi connectivity index (χ4n) is 1.80. The molecule has 0 saturated heterocycles. The Morgan fingerprint density at radius 1 is 0.760 bits per heavy atom. The third kappa shape index (κ3) is 4.99. The Bertz CT molecular complexity index is 802. The van der Waals surface area contributed by atoms with Gasteiger partial charge in [-0.05, 0) is 36.4 Å². The second kappa shape index (κ2) is 7.09. The normalized spacial score (nSPS) is 12.6. The SMILES string of the molecule is FC(F)(F)c1cc(Cl)ccc1N=NNc1ccc(Cl)cc1C(F)(F)F. The number of hydrogen-bond acceptors (Lipinski definition) is 2. The van der Waals surface area contributed by atoms with Crippen molar-refractivity contribution >= 4 is 34.6 Å². The first-order valence-corrected chi connectivity index (χ1v) is 7.14. The molecular formula is C14H7Cl2F6N3. The Hall–Kier alpha value is -2.00. The Balaban J connectivity index is 2.32. The lowest BCUT2D eigenvalue weighted by Gasteiger charge is -2.12. The van der Waals surface area contributed by atoms with Crippen LogP contribution in [0.4, 0.5) is 37.7 Å². The van der Waals surface area contributed by atoms with Crippen LogP contribution < -0.4 is 5.43 Å². The van der Waals surface area contributed by atoms with Gasteiger partial charge in [0.05, 0.1) is 22.5 Å². The zero-order chi connectivity index (χ0) is 18.8. The molecule has 0 atom stereocenters. The number of rotatable bonds is 3. The first-order valence-electron chi connectivity index (χ1n) is 6.39. The number of benzene rings is 2. The summed E-state index contributed by atoms with van der Waals surface area (Å²) in [6.07, 6.45) is -9.49. The summed E-state index contributed by atoms with van der Waals surface area (Å²) in [5, 5.41) is 6.17. The highest BCUT2D eigenvalue weighted by Crippen LogP contribution is 2.39. The molecular weight excluding hydrogens is 395 g/mol. The second-order valence-corrected chi connectivity index (χ2v) is 5.53. The summed E-state index contributed by atoms with van der Waals surface area (Å²) >= 11 is 11.0. The predicted molar refractivity (Wildman–Crippen MR) is 81.0 cm³/mol. The van der Waals surface area contributed by atoms with Gasteiger partial charge < -0.3 is 0 Å². The third-order valence-electron chi connectivity index (χ3n) is 2.88. The maximum Gasteiger partial charge on any atom is 0.418 e. The number of anilines is 1. The Morgan fingerprint density at radius 2 is 1.28 bits per heavy atom. The van der Waals surface area contributed by atoms with Gasteiger partial charge in [-0.3, -0.25) is 5.43 Å². The smallest absolute Gasteiger partial charge is 0.259 e. The molecule has 2 aromatic rings. The van der Waals surface area contributed by atoms with Gasteiger partial charge in [-0.25, -0.2) is 0 Å². The standard InChI is InChI=1S/C14H7Cl2F6N3/c15-7-1-3-11(9(5-7)13(17,18)19)23-25-24-12-4-2-8(16)6-10(12)14(20,21)22/h1-6H,(H,23,24). The first kappa shape index (κ1) is 19.3. The highest BCUT2D eigenvalue weighted by atomic mass is 35.5. The van der Waals surface area contributed by atoms with Crippen LogP contribution in [-0.2, 0) is 12.4 Å². The fraction of sp³-hybridized carbons (Fsp3) is 0.143. The van der Waals surface area contributed by atoms with Crippen molar-refractivity contribution in [3.63, 3.8) is 0 Å². The van der Waals surface area contributed by atoms with E-state index in [0.29, 0.717) is 12.1 Å². The van der Waals surface area contributed by atoms with Crippen molar-refractivity contribution in [1.29, 1.82) is 0 Å². The lowest BCUT2D eigenvalue weighted by atomic mass is 10.2. The molecule has 3 nitrogen and oxygen atoms in total. The van der Waals surface area contributed by atoms with Crippen molar-refractivity contribution in [1.82, 2.24) is 0 Å². The molecule has 0 unspecified atom stereocenters. The van der Waals surface area contributed by atoms with Gasteiger partial charge in [-0.1, -0.05) is 28.4 Å². The second-order valence-electron chi connectivity index (χ2n) is 4.66. The average molecular weight is 402 g/mol. The van der Waals surface area contributed by atoms with E-state index in [0.717, 1.165) is 24.3 Å². The van der Waals surface area contributed by atoms with Gasteiger partial charge in [-0.15, -0.1) is 5.11 Å². The van der Waals surface area contributed by atoms with E-state index < -0.39 is 34.9 Å². The summed E-state index contributed by atoms with van der Waals surface area (Å²) < 4.78 is 77.4. The van der Waals surface area contributed by atoms with Crippen molar-refractivity contribution in [2.24, 2.45) is 10.3 Å². The van der Waals surface area contributed by atoms with Crippen LogP contribution >= 0.6 is 23.2 Å². The van der Waals surface area contributed by atoms with Crippen LogP contribution in [0.5, 0.6) is 0 Å². The van der Waals surface area contributed by atoms with Crippen LogP contribution in [0.1, 0.15) is 11.1 Å².